The second kappa shape index (κ2) is 10.4. The van der Waals surface area contributed by atoms with Gasteiger partial charge in [-0.15, -0.1) is 11.8 Å². The number of thioether (sulfide) groups is 1. The number of carbonyl (C=O) groups is 3. The van der Waals surface area contributed by atoms with Gasteiger partial charge in [-0.2, -0.15) is 0 Å². The molecular weight excluding hydrogens is 436 g/mol. The van der Waals surface area contributed by atoms with Gasteiger partial charge < -0.3 is 18.9 Å². The molecule has 0 N–H and O–H groups in total. The molecule has 4 atom stereocenters. The van der Waals surface area contributed by atoms with E-state index in [1.807, 2.05) is 19.1 Å². The maximum Gasteiger partial charge on any atom is 0.303 e. The highest BCUT2D eigenvalue weighted by molar-refractivity contribution is 7.99. The van der Waals surface area contributed by atoms with E-state index in [1.54, 1.807) is 18.5 Å². The lowest BCUT2D eigenvalue weighted by Crippen LogP contribution is -2.55. The van der Waals surface area contributed by atoms with E-state index in [-0.39, 0.29) is 5.75 Å². The normalized spacial score (nSPS) is 22.5. The van der Waals surface area contributed by atoms with Crippen molar-refractivity contribution in [1.82, 2.24) is 9.97 Å². The third kappa shape index (κ3) is 5.97. The Kier molecular flexibility index (Phi) is 7.68. The first kappa shape index (κ1) is 23.5. The first-order chi connectivity index (χ1) is 15.2. The van der Waals surface area contributed by atoms with Crippen molar-refractivity contribution < 1.29 is 33.3 Å². The number of hydrogen-bond donors (Lipinski definition) is 0. The van der Waals surface area contributed by atoms with Gasteiger partial charge in [-0.05, 0) is 24.6 Å². The van der Waals surface area contributed by atoms with E-state index < -0.39 is 41.7 Å². The van der Waals surface area contributed by atoms with Gasteiger partial charge in [0.1, 0.15) is 5.75 Å². The fourth-order valence-electron chi connectivity index (χ4n) is 3.34. The second-order valence-electron chi connectivity index (χ2n) is 7.19. The highest BCUT2D eigenvalue weighted by Crippen LogP contribution is 2.35. The molecule has 1 aliphatic rings. The number of carbonyl (C=O) groups excluding carboxylic acids is 3. The molecule has 1 fully saturated rings. The van der Waals surface area contributed by atoms with E-state index in [1.165, 1.54) is 38.7 Å². The van der Waals surface area contributed by atoms with Crippen molar-refractivity contribution in [1.29, 1.82) is 0 Å². The summed E-state index contributed by atoms with van der Waals surface area (Å²) in [6.45, 7) is 5.68. The minimum atomic E-state index is -1.01. The smallest absolute Gasteiger partial charge is 0.303 e. The molecule has 0 aromatic carbocycles. The molecule has 10 heteroatoms. The Morgan fingerprint density at radius 2 is 1.69 bits per heavy atom. The molecule has 3 heterocycles. The predicted molar refractivity (Wildman–Crippen MR) is 116 cm³/mol. The van der Waals surface area contributed by atoms with Crippen LogP contribution in [0.25, 0.3) is 11.3 Å². The lowest BCUT2D eigenvalue weighted by molar-refractivity contribution is -0.186. The Labute approximate surface area is 189 Å². The second-order valence-corrected chi connectivity index (χ2v) is 8.33. The molecule has 0 unspecified atom stereocenters. The fourth-order valence-corrected chi connectivity index (χ4v) is 4.56. The van der Waals surface area contributed by atoms with Crippen LogP contribution in [0.2, 0.25) is 0 Å². The number of ether oxygens (including phenoxy) is 4. The number of aryl methyl sites for hydroxylation is 1. The molecule has 0 amide bonds. The standard InChI is InChI=1S/C22H24N2O7S/c1-12-6-5-7-24-19(12)16-8-17(10-23-9-16)31-22-21(30-15(4)27)20(29-14(3)26)18(11-32-22)28-13(2)25/h5-10,18,20-22H,11H2,1-4H3/t18-,20+,21-,22+/m1/s1. The van der Waals surface area contributed by atoms with Crippen molar-refractivity contribution in [3.8, 4) is 17.0 Å². The summed E-state index contributed by atoms with van der Waals surface area (Å²) in [5, 5.41) is 0. The average Bonchev–Trinajstić information content (AvgIpc) is 2.72. The SMILES string of the molecule is CC(=O)O[C@@H]1[C@@H](OC(C)=O)[C@@H](Oc2cncc(-c3ncccc3C)c2)SC[C@H]1OC(C)=O. The average molecular weight is 461 g/mol. The summed E-state index contributed by atoms with van der Waals surface area (Å²) in [6, 6.07) is 5.58. The molecule has 9 nitrogen and oxygen atoms in total. The predicted octanol–water partition coefficient (Wildman–Crippen LogP) is 2.70. The van der Waals surface area contributed by atoms with Crippen LogP contribution in [0.3, 0.4) is 0 Å². The first-order valence-electron chi connectivity index (χ1n) is 9.91. The van der Waals surface area contributed by atoms with Crippen molar-refractivity contribution >= 4 is 29.7 Å². The molecular formula is C22H24N2O7S. The van der Waals surface area contributed by atoms with Gasteiger partial charge in [-0.1, -0.05) is 6.07 Å². The number of esters is 3. The molecule has 0 aliphatic carbocycles. The summed E-state index contributed by atoms with van der Waals surface area (Å²) >= 11 is 1.28. The Balaban J connectivity index is 1.88. The van der Waals surface area contributed by atoms with Crippen LogP contribution in [0, 0.1) is 6.92 Å². The molecule has 0 spiro atoms. The van der Waals surface area contributed by atoms with Gasteiger partial charge >= 0.3 is 17.9 Å². The van der Waals surface area contributed by atoms with Gasteiger partial charge in [0.25, 0.3) is 0 Å². The minimum Gasteiger partial charge on any atom is -0.474 e. The topological polar surface area (TPSA) is 114 Å². The van der Waals surface area contributed by atoms with E-state index in [2.05, 4.69) is 9.97 Å². The molecule has 0 radical (unpaired) electrons. The molecule has 170 valence electrons. The van der Waals surface area contributed by atoms with Gasteiger partial charge in [0.05, 0.1) is 11.9 Å². The van der Waals surface area contributed by atoms with Crippen LogP contribution < -0.4 is 4.74 Å². The van der Waals surface area contributed by atoms with E-state index in [4.69, 9.17) is 18.9 Å². The zero-order valence-corrected chi connectivity index (χ0v) is 19.0. The Hall–Kier alpha value is -3.14. The number of rotatable bonds is 6. The maximum absolute atomic E-state index is 11.8. The minimum absolute atomic E-state index is 0.284. The summed E-state index contributed by atoms with van der Waals surface area (Å²) < 4.78 is 22.2. The summed E-state index contributed by atoms with van der Waals surface area (Å²) in [7, 11) is 0. The van der Waals surface area contributed by atoms with Crippen molar-refractivity contribution in [2.24, 2.45) is 0 Å². The van der Waals surface area contributed by atoms with Crippen LogP contribution in [0.4, 0.5) is 0 Å². The molecule has 0 bridgehead atoms. The highest BCUT2D eigenvalue weighted by Gasteiger charge is 2.47. The maximum atomic E-state index is 11.8. The quantitative estimate of drug-likeness (QED) is 0.471. The molecule has 2 aromatic heterocycles. The first-order valence-corrected chi connectivity index (χ1v) is 11.0. The van der Waals surface area contributed by atoms with Gasteiger partial charge in [-0.25, -0.2) is 0 Å². The van der Waals surface area contributed by atoms with Crippen LogP contribution in [0.1, 0.15) is 26.3 Å². The summed E-state index contributed by atoms with van der Waals surface area (Å²) in [4.78, 5) is 43.7. The fraction of sp³-hybridized carbons (Fsp3) is 0.409. The van der Waals surface area contributed by atoms with Gasteiger partial charge in [0, 0.05) is 44.5 Å². The zero-order valence-electron chi connectivity index (χ0n) is 18.1. The molecule has 0 saturated carbocycles. The van der Waals surface area contributed by atoms with Crippen LogP contribution >= 0.6 is 11.8 Å². The lowest BCUT2D eigenvalue weighted by Gasteiger charge is -2.39. The third-order valence-corrected chi connectivity index (χ3v) is 5.77. The van der Waals surface area contributed by atoms with Crippen molar-refractivity contribution in [2.45, 2.75) is 51.4 Å². The molecule has 3 rings (SSSR count). The summed E-state index contributed by atoms with van der Waals surface area (Å²) in [5.74, 6) is -0.997. The van der Waals surface area contributed by atoms with Crippen molar-refractivity contribution in [3.05, 3.63) is 42.4 Å². The summed E-state index contributed by atoms with van der Waals surface area (Å²) in [6.07, 6.45) is 2.11. The monoisotopic (exact) mass is 460 g/mol. The van der Waals surface area contributed by atoms with Gasteiger partial charge in [0.2, 0.25) is 0 Å². The van der Waals surface area contributed by atoms with Gasteiger partial charge in [-0.3, -0.25) is 24.4 Å². The van der Waals surface area contributed by atoms with Crippen LogP contribution in [0.15, 0.2) is 36.8 Å². The van der Waals surface area contributed by atoms with Crippen LogP contribution in [0.5, 0.6) is 5.75 Å². The Morgan fingerprint density at radius 3 is 2.34 bits per heavy atom. The highest BCUT2D eigenvalue weighted by atomic mass is 32.2. The van der Waals surface area contributed by atoms with E-state index in [9.17, 15) is 14.4 Å². The molecule has 1 aliphatic heterocycles. The van der Waals surface area contributed by atoms with Crippen LogP contribution in [-0.2, 0) is 28.6 Å². The number of aromatic nitrogens is 2. The lowest BCUT2D eigenvalue weighted by atomic mass is 10.1. The largest absolute Gasteiger partial charge is 0.474 e. The van der Waals surface area contributed by atoms with Crippen molar-refractivity contribution in [3.63, 3.8) is 0 Å². The number of hydrogen-bond acceptors (Lipinski definition) is 10. The number of nitrogens with zero attached hydrogens (tertiary/aromatic N) is 2. The number of pyridine rings is 2. The Bertz CT molecular complexity index is 1000. The van der Waals surface area contributed by atoms with E-state index >= 15 is 0 Å². The zero-order chi connectivity index (χ0) is 23.3. The van der Waals surface area contributed by atoms with Crippen molar-refractivity contribution in [2.75, 3.05) is 5.75 Å². The van der Waals surface area contributed by atoms with E-state index in [0.29, 0.717) is 5.75 Å². The van der Waals surface area contributed by atoms with E-state index in [0.717, 1.165) is 16.8 Å². The molecule has 32 heavy (non-hydrogen) atoms. The third-order valence-electron chi connectivity index (χ3n) is 4.55. The van der Waals surface area contributed by atoms with Gasteiger partial charge in [0.15, 0.2) is 23.7 Å². The molecule has 2 aromatic rings. The van der Waals surface area contributed by atoms with Crippen LogP contribution in [-0.4, -0.2) is 57.4 Å². The molecule has 1 saturated heterocycles. The Morgan fingerprint density at radius 1 is 1.00 bits per heavy atom. The summed E-state index contributed by atoms with van der Waals surface area (Å²) in [5.41, 5.74) is 1.79.